The maximum Gasteiger partial charge on any atom is 0.222 e. The largest absolute Gasteiger partial charge is 0.357 e. The van der Waals surface area contributed by atoms with E-state index in [4.69, 9.17) is 4.74 Å². The fraction of sp³-hybridized carbons (Fsp3) is 0.571. The van der Waals surface area contributed by atoms with E-state index < -0.39 is 0 Å². The smallest absolute Gasteiger partial charge is 0.222 e. The van der Waals surface area contributed by atoms with Crippen LogP contribution in [-0.2, 0) is 16.1 Å². The van der Waals surface area contributed by atoms with Crippen molar-refractivity contribution in [1.29, 1.82) is 0 Å². The molecule has 2 unspecified atom stereocenters. The second kappa shape index (κ2) is 10.3. The monoisotopic (exact) mass is 462 g/mol. The Morgan fingerprint density at radius 1 is 1.09 bits per heavy atom. The molecule has 2 saturated heterocycles. The van der Waals surface area contributed by atoms with Gasteiger partial charge in [-0.25, -0.2) is 4.68 Å². The number of amides is 1. The maximum atomic E-state index is 12.5. The van der Waals surface area contributed by atoms with E-state index in [1.165, 1.54) is 29.3 Å². The summed E-state index contributed by atoms with van der Waals surface area (Å²) < 4.78 is 10.3. The minimum atomic E-state index is 0.0727. The molecule has 1 aromatic carbocycles. The van der Waals surface area contributed by atoms with Crippen LogP contribution in [0.4, 0.5) is 0 Å². The van der Waals surface area contributed by atoms with Gasteiger partial charge in [-0.3, -0.25) is 4.79 Å². The first-order valence-electron chi connectivity index (χ1n) is 13.1. The Hall–Kier alpha value is -2.60. The highest BCUT2D eigenvalue weighted by Crippen LogP contribution is 2.29. The van der Waals surface area contributed by atoms with Crippen molar-refractivity contribution in [2.75, 3.05) is 19.7 Å². The number of carbonyl (C=O) groups excluding carboxylic acids is 1. The molecule has 1 amide bonds. The molecule has 34 heavy (non-hydrogen) atoms. The molecule has 0 bridgehead atoms. The summed E-state index contributed by atoms with van der Waals surface area (Å²) in [5.41, 5.74) is 3.61. The molecule has 5 rings (SSSR count). The highest BCUT2D eigenvalue weighted by molar-refractivity contribution is 5.85. The molecule has 2 atom stereocenters. The van der Waals surface area contributed by atoms with Crippen molar-refractivity contribution in [1.82, 2.24) is 19.2 Å². The molecule has 6 heteroatoms. The third-order valence-corrected chi connectivity index (χ3v) is 7.39. The molecule has 182 valence electrons. The molecule has 0 radical (unpaired) electrons. The normalized spacial score (nSPS) is 21.8. The first-order chi connectivity index (χ1) is 16.6. The molecule has 0 N–H and O–H groups in total. The third kappa shape index (κ3) is 5.22. The third-order valence-electron chi connectivity index (χ3n) is 7.39. The lowest BCUT2D eigenvalue weighted by molar-refractivity contribution is -0.131. The zero-order valence-electron chi connectivity index (χ0n) is 20.7. The van der Waals surface area contributed by atoms with Gasteiger partial charge < -0.3 is 14.2 Å². The zero-order chi connectivity index (χ0) is 23.5. The van der Waals surface area contributed by atoms with Crippen LogP contribution in [0.15, 0.2) is 42.9 Å². The molecule has 3 aromatic rings. The number of hydrogen-bond acceptors (Lipinski definition) is 3. The van der Waals surface area contributed by atoms with Crippen LogP contribution < -0.4 is 0 Å². The summed E-state index contributed by atoms with van der Waals surface area (Å²) in [6, 6.07) is 8.95. The predicted molar refractivity (Wildman–Crippen MR) is 135 cm³/mol. The summed E-state index contributed by atoms with van der Waals surface area (Å²) in [5.74, 6) is 1.37. The molecule has 0 spiro atoms. The van der Waals surface area contributed by atoms with Gasteiger partial charge in [-0.15, -0.1) is 0 Å². The van der Waals surface area contributed by atoms with Crippen molar-refractivity contribution in [2.24, 2.45) is 11.8 Å². The van der Waals surface area contributed by atoms with Gasteiger partial charge in [0.05, 0.1) is 6.20 Å². The van der Waals surface area contributed by atoms with Crippen LogP contribution in [0.3, 0.4) is 0 Å². The zero-order valence-corrected chi connectivity index (χ0v) is 20.7. The molecular weight excluding hydrogens is 424 g/mol. The average Bonchev–Trinajstić information content (AvgIpc) is 3.41. The van der Waals surface area contributed by atoms with E-state index in [2.05, 4.69) is 65.1 Å². The van der Waals surface area contributed by atoms with E-state index >= 15 is 0 Å². The van der Waals surface area contributed by atoms with Gasteiger partial charge in [0.25, 0.3) is 0 Å². The average molecular weight is 463 g/mol. The Labute approximate surface area is 202 Å². The summed E-state index contributed by atoms with van der Waals surface area (Å²) in [6.45, 7) is 7.90. The van der Waals surface area contributed by atoms with E-state index in [0.29, 0.717) is 24.2 Å². The van der Waals surface area contributed by atoms with Crippen molar-refractivity contribution in [3.05, 3.63) is 42.9 Å². The number of carbonyl (C=O) groups is 1. The fourth-order valence-electron chi connectivity index (χ4n) is 5.47. The molecule has 4 heterocycles. The Morgan fingerprint density at radius 3 is 2.82 bits per heavy atom. The number of hydrogen-bond donors (Lipinski definition) is 0. The topological polar surface area (TPSA) is 52.3 Å². The van der Waals surface area contributed by atoms with Gasteiger partial charge in [0.15, 0.2) is 0 Å². The van der Waals surface area contributed by atoms with Crippen LogP contribution in [0.1, 0.15) is 65.0 Å². The van der Waals surface area contributed by atoms with Crippen LogP contribution in [0.5, 0.6) is 0 Å². The molecule has 0 aliphatic carbocycles. The number of rotatable bonds is 6. The van der Waals surface area contributed by atoms with Crippen molar-refractivity contribution < 1.29 is 9.53 Å². The first kappa shape index (κ1) is 23.2. The lowest BCUT2D eigenvalue weighted by Gasteiger charge is -2.22. The van der Waals surface area contributed by atoms with Crippen LogP contribution in [-0.4, -0.2) is 44.9 Å². The molecule has 2 aromatic heterocycles. The summed E-state index contributed by atoms with van der Waals surface area (Å²) >= 11 is 0. The molecule has 6 nitrogen and oxygen atoms in total. The number of benzene rings is 1. The van der Waals surface area contributed by atoms with Gasteiger partial charge in [-0.05, 0) is 74.1 Å². The van der Waals surface area contributed by atoms with E-state index in [-0.39, 0.29) is 6.23 Å². The number of ether oxygens (including phenoxy) is 1. The maximum absolute atomic E-state index is 12.5. The van der Waals surface area contributed by atoms with Crippen LogP contribution in [0.2, 0.25) is 0 Å². The summed E-state index contributed by atoms with van der Waals surface area (Å²) in [5, 5.41) is 5.85. The Balaban J connectivity index is 1.24. The van der Waals surface area contributed by atoms with Crippen molar-refractivity contribution in [3.63, 3.8) is 0 Å². The number of aromatic nitrogens is 3. The minimum Gasteiger partial charge on any atom is -0.357 e. The van der Waals surface area contributed by atoms with Gasteiger partial charge in [0.1, 0.15) is 6.23 Å². The molecule has 2 fully saturated rings. The van der Waals surface area contributed by atoms with E-state index in [1.54, 1.807) is 0 Å². The van der Waals surface area contributed by atoms with Crippen molar-refractivity contribution in [3.8, 4) is 11.1 Å². The predicted octanol–water partition coefficient (Wildman–Crippen LogP) is 5.88. The molecule has 2 aliphatic heterocycles. The van der Waals surface area contributed by atoms with Gasteiger partial charge in [-0.2, -0.15) is 5.10 Å². The van der Waals surface area contributed by atoms with E-state index in [1.807, 2.05) is 10.9 Å². The second-order valence-corrected chi connectivity index (χ2v) is 10.5. The number of likely N-dealkylation sites (tertiary alicyclic amines) is 1. The van der Waals surface area contributed by atoms with Crippen molar-refractivity contribution in [2.45, 2.75) is 71.6 Å². The standard InChI is InChI=1S/C28H38N4O2/c1-21(2)16-27(33)30-12-5-6-22(10-13-30)19-31-14-11-24-17-23(8-9-26(24)31)25-18-29-32(20-25)28-7-3-4-15-34-28/h8-9,11,14,17-18,20-22,28H,3-7,10,12-13,15-16,19H2,1-2H3. The van der Waals surface area contributed by atoms with Gasteiger partial charge >= 0.3 is 0 Å². The Morgan fingerprint density at radius 2 is 2.00 bits per heavy atom. The van der Waals surface area contributed by atoms with Crippen LogP contribution >= 0.6 is 0 Å². The molecule has 0 saturated carbocycles. The van der Waals surface area contributed by atoms with Gasteiger partial charge in [0, 0.05) is 61.5 Å². The highest BCUT2D eigenvalue weighted by atomic mass is 16.5. The Bertz CT molecular complexity index is 1110. The second-order valence-electron chi connectivity index (χ2n) is 10.5. The summed E-state index contributed by atoms with van der Waals surface area (Å²) in [7, 11) is 0. The molecular formula is C28H38N4O2. The van der Waals surface area contributed by atoms with E-state index in [0.717, 1.165) is 57.5 Å². The quantitative estimate of drug-likeness (QED) is 0.460. The Kier molecular flexibility index (Phi) is 7.05. The van der Waals surface area contributed by atoms with Crippen molar-refractivity contribution >= 4 is 16.8 Å². The minimum absolute atomic E-state index is 0.0727. The SMILES string of the molecule is CC(C)CC(=O)N1CCCC(Cn2ccc3cc(-c4cnn(C5CCCCO5)c4)ccc32)CC1. The first-order valence-corrected chi connectivity index (χ1v) is 13.1. The van der Waals surface area contributed by atoms with Gasteiger partial charge in [-0.1, -0.05) is 19.9 Å². The van der Waals surface area contributed by atoms with Crippen LogP contribution in [0, 0.1) is 11.8 Å². The lowest BCUT2D eigenvalue weighted by atomic mass is 10.0. The summed E-state index contributed by atoms with van der Waals surface area (Å²) in [6.07, 6.45) is 13.8. The number of fused-ring (bicyclic) bond motifs is 1. The van der Waals surface area contributed by atoms with Gasteiger partial charge in [0.2, 0.25) is 5.91 Å². The number of nitrogens with zero attached hydrogens (tertiary/aromatic N) is 4. The highest BCUT2D eigenvalue weighted by Gasteiger charge is 2.22. The summed E-state index contributed by atoms with van der Waals surface area (Å²) in [4.78, 5) is 14.6. The lowest BCUT2D eigenvalue weighted by Crippen LogP contribution is -2.32. The fourth-order valence-corrected chi connectivity index (χ4v) is 5.47. The van der Waals surface area contributed by atoms with E-state index in [9.17, 15) is 4.79 Å². The molecule has 2 aliphatic rings. The van der Waals surface area contributed by atoms with Crippen LogP contribution in [0.25, 0.3) is 22.0 Å².